The minimum atomic E-state index is -3.00. The number of piperidine rings is 1. The van der Waals surface area contributed by atoms with Crippen LogP contribution in [0.15, 0.2) is 24.3 Å². The van der Waals surface area contributed by atoms with Crippen molar-refractivity contribution in [2.45, 2.75) is 19.5 Å². The summed E-state index contributed by atoms with van der Waals surface area (Å²) in [7, 11) is 0. The highest BCUT2D eigenvalue weighted by atomic mass is 35.5. The number of carbonyl (C=O) groups excluding carboxylic acids is 2. The van der Waals surface area contributed by atoms with E-state index < -0.39 is 6.61 Å². The summed E-state index contributed by atoms with van der Waals surface area (Å²) in [4.78, 5) is 26.7. The summed E-state index contributed by atoms with van der Waals surface area (Å²) >= 11 is 0. The van der Waals surface area contributed by atoms with Gasteiger partial charge in [-0.15, -0.1) is 12.4 Å². The number of benzene rings is 1. The topological polar surface area (TPSA) is 70.7 Å². The summed E-state index contributed by atoms with van der Waals surface area (Å²) in [6.07, 6.45) is 1.42. The molecule has 2 aliphatic rings. The monoisotopic (exact) mass is 403 g/mol. The van der Waals surface area contributed by atoms with E-state index in [0.717, 1.165) is 13.1 Å². The zero-order valence-electron chi connectivity index (χ0n) is 14.8. The molecule has 2 heterocycles. The second-order valence-electron chi connectivity index (χ2n) is 6.73. The van der Waals surface area contributed by atoms with Crippen molar-refractivity contribution >= 4 is 24.2 Å². The molecule has 3 rings (SSSR count). The van der Waals surface area contributed by atoms with E-state index in [9.17, 15) is 18.4 Å². The Bertz CT molecular complexity index is 658. The van der Waals surface area contributed by atoms with Crippen LogP contribution >= 0.6 is 12.4 Å². The van der Waals surface area contributed by atoms with Crippen molar-refractivity contribution in [3.05, 3.63) is 29.8 Å². The van der Waals surface area contributed by atoms with E-state index in [1.165, 1.54) is 18.2 Å². The molecule has 2 N–H and O–H groups in total. The smallest absolute Gasteiger partial charge is 0.387 e. The zero-order chi connectivity index (χ0) is 18.5. The molecule has 0 spiro atoms. The van der Waals surface area contributed by atoms with Gasteiger partial charge in [0.1, 0.15) is 5.75 Å². The number of ether oxygens (including phenoxy) is 1. The molecule has 0 aliphatic carbocycles. The molecule has 0 radical (unpaired) electrons. The number of carbonyl (C=O) groups is 2. The first-order chi connectivity index (χ1) is 12.5. The lowest BCUT2D eigenvalue weighted by molar-refractivity contribution is -0.126. The predicted octanol–water partition coefficient (Wildman–Crippen LogP) is 1.90. The summed E-state index contributed by atoms with van der Waals surface area (Å²) in [5.41, 5.74) is 0.0920. The number of nitrogens with zero attached hydrogens (tertiary/aromatic N) is 1. The van der Waals surface area contributed by atoms with Gasteiger partial charge in [0, 0.05) is 38.6 Å². The van der Waals surface area contributed by atoms with Gasteiger partial charge in [0.05, 0.1) is 11.5 Å². The van der Waals surface area contributed by atoms with Crippen molar-refractivity contribution < 1.29 is 23.1 Å². The van der Waals surface area contributed by atoms with Gasteiger partial charge in [0.2, 0.25) is 5.91 Å². The van der Waals surface area contributed by atoms with E-state index in [-0.39, 0.29) is 48.0 Å². The molecule has 150 valence electrons. The van der Waals surface area contributed by atoms with Crippen LogP contribution in [0.1, 0.15) is 23.2 Å². The Hall–Kier alpha value is -1.93. The molecule has 1 unspecified atom stereocenters. The van der Waals surface area contributed by atoms with Crippen LogP contribution in [0.25, 0.3) is 0 Å². The van der Waals surface area contributed by atoms with Crippen LogP contribution in [-0.4, -0.2) is 56.0 Å². The highest BCUT2D eigenvalue weighted by molar-refractivity contribution is 5.97. The molecule has 2 amide bonds. The van der Waals surface area contributed by atoms with Gasteiger partial charge in [-0.05, 0) is 25.0 Å². The third-order valence-corrected chi connectivity index (χ3v) is 4.84. The standard InChI is InChI=1S/C18H23F2N3O3.ClH/c19-18(20)26-15-6-2-1-5-14(15)17(25)23-7-3-4-13(11-23)16(24)22-10-12-8-21-9-12;/h1-2,5-6,12-13,18,21H,3-4,7-11H2,(H,22,24);1H. The van der Waals surface area contributed by atoms with Gasteiger partial charge >= 0.3 is 6.61 Å². The van der Waals surface area contributed by atoms with E-state index in [1.54, 1.807) is 11.0 Å². The van der Waals surface area contributed by atoms with Crippen LogP contribution in [0.2, 0.25) is 0 Å². The zero-order valence-corrected chi connectivity index (χ0v) is 15.6. The molecule has 2 aliphatic heterocycles. The Kier molecular flexibility index (Phi) is 7.79. The number of nitrogens with one attached hydrogen (secondary N) is 2. The van der Waals surface area contributed by atoms with Gasteiger partial charge < -0.3 is 20.3 Å². The molecule has 0 saturated carbocycles. The summed E-state index contributed by atoms with van der Waals surface area (Å²) in [6, 6.07) is 5.95. The molecular weight excluding hydrogens is 380 g/mol. The summed E-state index contributed by atoms with van der Waals surface area (Å²) in [6.45, 7) is 0.258. The van der Waals surface area contributed by atoms with E-state index in [0.29, 0.717) is 31.8 Å². The summed E-state index contributed by atoms with van der Waals surface area (Å²) in [5, 5.41) is 6.10. The highest BCUT2D eigenvalue weighted by Crippen LogP contribution is 2.25. The van der Waals surface area contributed by atoms with Gasteiger partial charge in [0.25, 0.3) is 5.91 Å². The lowest BCUT2D eigenvalue weighted by Gasteiger charge is -2.33. The first kappa shape index (κ1) is 21.4. The normalized spacial score (nSPS) is 19.8. The van der Waals surface area contributed by atoms with Crippen LogP contribution < -0.4 is 15.4 Å². The third kappa shape index (κ3) is 5.52. The number of amides is 2. The first-order valence-electron chi connectivity index (χ1n) is 8.86. The van der Waals surface area contributed by atoms with Crippen molar-refractivity contribution in [1.82, 2.24) is 15.5 Å². The van der Waals surface area contributed by atoms with Crippen LogP contribution in [0.5, 0.6) is 5.75 Å². The average molecular weight is 404 g/mol. The lowest BCUT2D eigenvalue weighted by Crippen LogP contribution is -2.51. The SMILES string of the molecule is Cl.O=C(NCC1CNC1)C1CCCN(C(=O)c2ccccc2OC(F)F)C1. The van der Waals surface area contributed by atoms with Crippen LogP contribution in [0.3, 0.4) is 0 Å². The predicted molar refractivity (Wildman–Crippen MR) is 98.3 cm³/mol. The lowest BCUT2D eigenvalue weighted by atomic mass is 9.95. The van der Waals surface area contributed by atoms with E-state index in [1.807, 2.05) is 0 Å². The maximum Gasteiger partial charge on any atom is 0.387 e. The number of halogens is 3. The molecule has 27 heavy (non-hydrogen) atoms. The number of likely N-dealkylation sites (tertiary alicyclic amines) is 1. The first-order valence-corrected chi connectivity index (χ1v) is 8.86. The van der Waals surface area contributed by atoms with Crippen LogP contribution in [0.4, 0.5) is 8.78 Å². The van der Waals surface area contributed by atoms with Gasteiger partial charge in [-0.3, -0.25) is 9.59 Å². The molecule has 1 aromatic carbocycles. The summed E-state index contributed by atoms with van der Waals surface area (Å²) < 4.78 is 29.6. The number of rotatable bonds is 6. The number of hydrogen-bond donors (Lipinski definition) is 2. The van der Waals surface area contributed by atoms with Crippen LogP contribution in [0, 0.1) is 11.8 Å². The fourth-order valence-corrected chi connectivity index (χ4v) is 3.27. The second-order valence-corrected chi connectivity index (χ2v) is 6.73. The van der Waals surface area contributed by atoms with Gasteiger partial charge in [-0.25, -0.2) is 0 Å². The van der Waals surface area contributed by atoms with Crippen molar-refractivity contribution in [2.75, 3.05) is 32.7 Å². The number of alkyl halides is 2. The molecule has 2 fully saturated rings. The summed E-state index contributed by atoms with van der Waals surface area (Å²) in [5.74, 6) is -0.382. The molecule has 9 heteroatoms. The Morgan fingerprint density at radius 1 is 1.30 bits per heavy atom. The van der Waals surface area contributed by atoms with Crippen molar-refractivity contribution in [3.8, 4) is 5.75 Å². The van der Waals surface area contributed by atoms with E-state index in [4.69, 9.17) is 0 Å². The van der Waals surface area contributed by atoms with Gasteiger partial charge in [-0.1, -0.05) is 12.1 Å². The Balaban J connectivity index is 0.00000261. The maximum atomic E-state index is 12.8. The Labute approximate surface area is 163 Å². The van der Waals surface area contributed by atoms with Crippen molar-refractivity contribution in [3.63, 3.8) is 0 Å². The highest BCUT2D eigenvalue weighted by Gasteiger charge is 2.30. The van der Waals surface area contributed by atoms with Crippen molar-refractivity contribution in [2.24, 2.45) is 11.8 Å². The molecule has 1 atom stereocenters. The molecule has 0 aromatic heterocycles. The van der Waals surface area contributed by atoms with Gasteiger partial charge in [0.15, 0.2) is 0 Å². The Morgan fingerprint density at radius 3 is 2.70 bits per heavy atom. The molecule has 1 aromatic rings. The molecular formula is C18H24ClF2N3O3. The quantitative estimate of drug-likeness (QED) is 0.761. The van der Waals surface area contributed by atoms with Crippen molar-refractivity contribution in [1.29, 1.82) is 0 Å². The fraction of sp³-hybridized carbons (Fsp3) is 0.556. The largest absolute Gasteiger partial charge is 0.434 e. The minimum Gasteiger partial charge on any atom is -0.434 e. The van der Waals surface area contributed by atoms with Gasteiger partial charge in [-0.2, -0.15) is 8.78 Å². The Morgan fingerprint density at radius 2 is 2.04 bits per heavy atom. The number of hydrogen-bond acceptors (Lipinski definition) is 4. The van der Waals surface area contributed by atoms with E-state index in [2.05, 4.69) is 15.4 Å². The number of para-hydroxylation sites is 1. The average Bonchev–Trinajstić information content (AvgIpc) is 2.60. The molecule has 6 nitrogen and oxygen atoms in total. The fourth-order valence-electron chi connectivity index (χ4n) is 3.27. The second kappa shape index (κ2) is 9.85. The maximum absolute atomic E-state index is 12.8. The molecule has 2 saturated heterocycles. The molecule has 0 bridgehead atoms. The van der Waals surface area contributed by atoms with Crippen LogP contribution in [-0.2, 0) is 4.79 Å². The van der Waals surface area contributed by atoms with E-state index >= 15 is 0 Å². The third-order valence-electron chi connectivity index (χ3n) is 4.84. The minimum absolute atomic E-state index is 0.